The van der Waals surface area contributed by atoms with E-state index in [4.69, 9.17) is 11.6 Å². The van der Waals surface area contributed by atoms with Crippen molar-refractivity contribution < 1.29 is 12.8 Å². The molecule has 1 N–H and O–H groups in total. The minimum atomic E-state index is -3.74. The van der Waals surface area contributed by atoms with Crippen molar-refractivity contribution in [3.8, 4) is 5.69 Å². The lowest BCUT2D eigenvalue weighted by Gasteiger charge is -2.14. The molecule has 0 amide bonds. The van der Waals surface area contributed by atoms with Crippen LogP contribution < -0.4 is 4.72 Å². The summed E-state index contributed by atoms with van der Waals surface area (Å²) in [5.41, 5.74) is 3.57. The molecule has 0 aliphatic rings. The van der Waals surface area contributed by atoms with Gasteiger partial charge in [0.25, 0.3) is 0 Å². The van der Waals surface area contributed by atoms with Crippen LogP contribution in [0.15, 0.2) is 76.8 Å². The van der Waals surface area contributed by atoms with Gasteiger partial charge in [0.1, 0.15) is 5.82 Å². The highest BCUT2D eigenvalue weighted by molar-refractivity contribution is 7.98. The first-order chi connectivity index (χ1) is 16.2. The Morgan fingerprint density at radius 1 is 1.00 bits per heavy atom. The topological polar surface area (TPSA) is 76.9 Å². The molecule has 0 spiro atoms. The Hall–Kier alpha value is -2.72. The van der Waals surface area contributed by atoms with Crippen LogP contribution in [0, 0.1) is 19.7 Å². The van der Waals surface area contributed by atoms with Gasteiger partial charge in [-0.15, -0.1) is 10.2 Å². The van der Waals surface area contributed by atoms with Gasteiger partial charge < -0.3 is 0 Å². The predicted octanol–water partition coefficient (Wildman–Crippen LogP) is 5.45. The molecule has 1 heterocycles. The van der Waals surface area contributed by atoms with Gasteiger partial charge in [-0.3, -0.25) is 4.57 Å². The van der Waals surface area contributed by atoms with Crippen LogP contribution in [0.2, 0.25) is 5.02 Å². The molecule has 3 aromatic carbocycles. The van der Waals surface area contributed by atoms with Gasteiger partial charge in [0, 0.05) is 10.8 Å². The third kappa shape index (κ3) is 5.67. The first-order valence-electron chi connectivity index (χ1n) is 10.4. The van der Waals surface area contributed by atoms with Crippen LogP contribution in [-0.4, -0.2) is 23.2 Å². The lowest BCUT2D eigenvalue weighted by molar-refractivity contribution is 0.578. The summed E-state index contributed by atoms with van der Waals surface area (Å²) in [5, 5.41) is 9.67. The van der Waals surface area contributed by atoms with E-state index in [1.54, 1.807) is 53.1 Å². The van der Waals surface area contributed by atoms with Crippen molar-refractivity contribution >= 4 is 33.4 Å². The van der Waals surface area contributed by atoms with Gasteiger partial charge in [-0.1, -0.05) is 59.3 Å². The fourth-order valence-corrected chi connectivity index (χ4v) is 5.33. The zero-order chi connectivity index (χ0) is 24.3. The molecule has 10 heteroatoms. The van der Waals surface area contributed by atoms with E-state index in [9.17, 15) is 12.8 Å². The molecule has 4 aromatic rings. The number of aromatic nitrogens is 3. The van der Waals surface area contributed by atoms with E-state index in [1.807, 2.05) is 19.9 Å². The van der Waals surface area contributed by atoms with Crippen LogP contribution in [-0.2, 0) is 22.3 Å². The quantitative estimate of drug-likeness (QED) is 0.315. The van der Waals surface area contributed by atoms with Gasteiger partial charge in [-0.05, 0) is 61.4 Å². The highest BCUT2D eigenvalue weighted by Gasteiger charge is 2.20. The van der Waals surface area contributed by atoms with Crippen molar-refractivity contribution in [2.75, 3.05) is 0 Å². The van der Waals surface area contributed by atoms with Crippen LogP contribution in [0.1, 0.15) is 22.5 Å². The number of rotatable bonds is 8. The molecule has 0 radical (unpaired) electrons. The van der Waals surface area contributed by atoms with Crippen molar-refractivity contribution in [3.05, 3.63) is 100 Å². The lowest BCUT2D eigenvalue weighted by Crippen LogP contribution is -2.25. The molecule has 0 aliphatic carbocycles. The largest absolute Gasteiger partial charge is 0.273 e. The summed E-state index contributed by atoms with van der Waals surface area (Å²) in [6.07, 6.45) is 0. The summed E-state index contributed by atoms with van der Waals surface area (Å²) in [7, 11) is -3.74. The van der Waals surface area contributed by atoms with Gasteiger partial charge in [0.2, 0.25) is 10.0 Å². The maximum Gasteiger partial charge on any atom is 0.240 e. The van der Waals surface area contributed by atoms with Crippen LogP contribution in [0.5, 0.6) is 0 Å². The Morgan fingerprint density at radius 3 is 2.41 bits per heavy atom. The summed E-state index contributed by atoms with van der Waals surface area (Å²) in [6.45, 7) is 3.76. The van der Waals surface area contributed by atoms with Gasteiger partial charge in [-0.2, -0.15) is 0 Å². The number of hydrogen-bond acceptors (Lipinski definition) is 5. The zero-order valence-corrected chi connectivity index (χ0v) is 20.9. The summed E-state index contributed by atoms with van der Waals surface area (Å²) in [5.74, 6) is 0.657. The third-order valence-electron chi connectivity index (χ3n) is 5.15. The highest BCUT2D eigenvalue weighted by atomic mass is 35.5. The maximum absolute atomic E-state index is 13.2. The summed E-state index contributed by atoms with van der Waals surface area (Å²) < 4.78 is 43.3. The van der Waals surface area contributed by atoms with Gasteiger partial charge in [0.15, 0.2) is 11.0 Å². The van der Waals surface area contributed by atoms with Gasteiger partial charge >= 0.3 is 0 Å². The van der Waals surface area contributed by atoms with E-state index in [2.05, 4.69) is 14.9 Å². The molecule has 0 fully saturated rings. The smallest absolute Gasteiger partial charge is 0.240 e. The number of sulfonamides is 1. The van der Waals surface area contributed by atoms with Gasteiger partial charge in [-0.25, -0.2) is 17.5 Å². The number of benzene rings is 3. The van der Waals surface area contributed by atoms with Crippen molar-refractivity contribution in [1.82, 2.24) is 19.5 Å². The molecule has 0 saturated carbocycles. The normalized spacial score (nSPS) is 11.6. The fourth-order valence-electron chi connectivity index (χ4n) is 3.26. The molecule has 6 nitrogen and oxygen atoms in total. The predicted molar refractivity (Wildman–Crippen MR) is 132 cm³/mol. The number of nitrogens with zero attached hydrogens (tertiary/aromatic N) is 3. The molecule has 34 heavy (non-hydrogen) atoms. The summed E-state index contributed by atoms with van der Waals surface area (Å²) in [6, 6.07) is 18.3. The SMILES string of the molecule is Cc1ccc(S(=O)(=O)NCc2nnc(SCc3ccc(F)cc3)n2-c2cc(Cl)ccc2C)cc1. The second-order valence-corrected chi connectivity index (χ2v) is 10.9. The average molecular weight is 517 g/mol. The Kier molecular flexibility index (Phi) is 7.37. The zero-order valence-electron chi connectivity index (χ0n) is 18.5. The van der Waals surface area contributed by atoms with E-state index in [0.29, 0.717) is 21.8 Å². The monoisotopic (exact) mass is 516 g/mol. The average Bonchev–Trinajstić information content (AvgIpc) is 3.22. The van der Waals surface area contributed by atoms with E-state index in [1.165, 1.54) is 23.9 Å². The molecule has 0 saturated heterocycles. The minimum Gasteiger partial charge on any atom is -0.273 e. The molecular weight excluding hydrogens is 495 g/mol. The van der Waals surface area contributed by atoms with E-state index in [-0.39, 0.29) is 17.3 Å². The first kappa shape index (κ1) is 24.4. The summed E-state index contributed by atoms with van der Waals surface area (Å²) in [4.78, 5) is 0.175. The van der Waals surface area contributed by atoms with E-state index >= 15 is 0 Å². The molecule has 0 atom stereocenters. The minimum absolute atomic E-state index is 0.0632. The van der Waals surface area contributed by atoms with Crippen LogP contribution in [0.4, 0.5) is 4.39 Å². The molecule has 176 valence electrons. The molecule has 4 rings (SSSR count). The number of aryl methyl sites for hydroxylation is 2. The number of hydrogen-bond donors (Lipinski definition) is 1. The van der Waals surface area contributed by atoms with Crippen molar-refractivity contribution in [2.24, 2.45) is 0 Å². The Labute approximate surface area is 207 Å². The fraction of sp³-hybridized carbons (Fsp3) is 0.167. The molecule has 0 unspecified atom stereocenters. The molecular formula is C24H22ClFN4O2S2. The van der Waals surface area contributed by atoms with Gasteiger partial charge in [0.05, 0.1) is 17.1 Å². The maximum atomic E-state index is 13.2. The standard InChI is InChI=1S/C24H22ClFN4O2S2/c1-16-3-11-21(12-4-16)34(31,32)27-14-23-28-29-24(33-15-18-6-9-20(26)10-7-18)30(23)22-13-19(25)8-5-17(22)2/h3-13,27H,14-15H2,1-2H3. The Balaban J connectivity index is 1.64. The summed E-state index contributed by atoms with van der Waals surface area (Å²) >= 11 is 7.67. The number of halogens is 2. The van der Waals surface area contributed by atoms with Crippen LogP contribution in [0.25, 0.3) is 5.69 Å². The second-order valence-electron chi connectivity index (χ2n) is 7.72. The van der Waals surface area contributed by atoms with Crippen molar-refractivity contribution in [1.29, 1.82) is 0 Å². The lowest BCUT2D eigenvalue weighted by atomic mass is 10.2. The Morgan fingerprint density at radius 2 is 1.71 bits per heavy atom. The number of thioether (sulfide) groups is 1. The molecule has 0 aliphatic heterocycles. The Bertz CT molecular complexity index is 1410. The van der Waals surface area contributed by atoms with Crippen LogP contribution in [0.3, 0.4) is 0 Å². The molecule has 1 aromatic heterocycles. The highest BCUT2D eigenvalue weighted by Crippen LogP contribution is 2.28. The van der Waals surface area contributed by atoms with Crippen molar-refractivity contribution in [3.63, 3.8) is 0 Å². The molecule has 0 bridgehead atoms. The third-order valence-corrected chi connectivity index (χ3v) is 7.80. The van der Waals surface area contributed by atoms with E-state index in [0.717, 1.165) is 22.4 Å². The van der Waals surface area contributed by atoms with Crippen molar-refractivity contribution in [2.45, 2.75) is 36.2 Å². The number of nitrogens with one attached hydrogen (secondary N) is 1. The second kappa shape index (κ2) is 10.3. The van der Waals surface area contributed by atoms with Crippen LogP contribution >= 0.6 is 23.4 Å². The van der Waals surface area contributed by atoms with E-state index < -0.39 is 10.0 Å². The first-order valence-corrected chi connectivity index (χ1v) is 13.2.